The summed E-state index contributed by atoms with van der Waals surface area (Å²) < 4.78 is 11.1. The molecule has 0 aliphatic heterocycles. The van der Waals surface area contributed by atoms with Crippen LogP contribution >= 0.6 is 0 Å². The van der Waals surface area contributed by atoms with Crippen molar-refractivity contribution in [1.82, 2.24) is 10.5 Å². The first-order valence-corrected chi connectivity index (χ1v) is 8.01. The Balaban J connectivity index is 1.54. The molecule has 3 rings (SSSR count). The lowest BCUT2D eigenvalue weighted by Gasteiger charge is -2.17. The number of aryl methyl sites for hydroxylation is 2. The first kappa shape index (κ1) is 15.6. The van der Waals surface area contributed by atoms with Crippen molar-refractivity contribution in [2.45, 2.75) is 45.6 Å². The molecular formula is C18H22N2O3. The Morgan fingerprint density at radius 1 is 1.39 bits per heavy atom. The van der Waals surface area contributed by atoms with Crippen LogP contribution < -0.4 is 10.1 Å². The van der Waals surface area contributed by atoms with Gasteiger partial charge in [-0.1, -0.05) is 23.4 Å². The number of carbonyl (C=O) groups excluding carboxylic acids is 1. The van der Waals surface area contributed by atoms with Crippen molar-refractivity contribution in [2.75, 3.05) is 6.61 Å². The summed E-state index contributed by atoms with van der Waals surface area (Å²) in [6.45, 7) is 6.35. The molecule has 0 radical (unpaired) electrons. The first-order chi connectivity index (χ1) is 11.0. The van der Waals surface area contributed by atoms with Gasteiger partial charge in [-0.15, -0.1) is 0 Å². The molecule has 23 heavy (non-hydrogen) atoms. The summed E-state index contributed by atoms with van der Waals surface area (Å²) in [5.41, 5.74) is 2.52. The Bertz CT molecular complexity index is 684. The van der Waals surface area contributed by atoms with Crippen molar-refractivity contribution in [3.05, 3.63) is 46.8 Å². The Hall–Kier alpha value is -2.30. The standard InChI is InChI=1S/C18H22N2O3/c1-11-5-4-6-12(2)17(11)22-10-13(3)19-18(21)15-9-16(23-20-15)14-7-8-14/h4-6,9,13-14H,7-8,10H2,1-3H3,(H,19,21). The summed E-state index contributed by atoms with van der Waals surface area (Å²) in [7, 11) is 0. The van der Waals surface area contributed by atoms with Crippen LogP contribution in [0.25, 0.3) is 0 Å². The number of benzene rings is 1. The zero-order valence-corrected chi connectivity index (χ0v) is 13.8. The second-order valence-corrected chi connectivity index (χ2v) is 6.30. The summed E-state index contributed by atoms with van der Waals surface area (Å²) in [5, 5.41) is 6.74. The average molecular weight is 314 g/mol. The van der Waals surface area contributed by atoms with Crippen LogP contribution in [-0.4, -0.2) is 23.7 Å². The molecule has 5 nitrogen and oxygen atoms in total. The van der Waals surface area contributed by atoms with E-state index in [-0.39, 0.29) is 11.9 Å². The number of hydrogen-bond acceptors (Lipinski definition) is 4. The quantitative estimate of drug-likeness (QED) is 0.888. The monoisotopic (exact) mass is 314 g/mol. The van der Waals surface area contributed by atoms with E-state index in [0.717, 1.165) is 35.5 Å². The highest BCUT2D eigenvalue weighted by molar-refractivity contribution is 5.92. The number of nitrogens with zero attached hydrogens (tertiary/aromatic N) is 1. The number of para-hydroxylation sites is 1. The molecule has 1 aliphatic rings. The Morgan fingerprint density at radius 3 is 2.74 bits per heavy atom. The number of ether oxygens (including phenoxy) is 1. The van der Waals surface area contributed by atoms with Gasteiger partial charge >= 0.3 is 0 Å². The second-order valence-electron chi connectivity index (χ2n) is 6.30. The van der Waals surface area contributed by atoms with Gasteiger partial charge in [-0.25, -0.2) is 0 Å². The summed E-state index contributed by atoms with van der Waals surface area (Å²) in [6, 6.07) is 7.65. The van der Waals surface area contributed by atoms with Crippen molar-refractivity contribution in [3.8, 4) is 5.75 Å². The van der Waals surface area contributed by atoms with Gasteiger partial charge in [-0.05, 0) is 44.7 Å². The number of amides is 1. The summed E-state index contributed by atoms with van der Waals surface area (Å²) >= 11 is 0. The van der Waals surface area contributed by atoms with Gasteiger partial charge < -0.3 is 14.6 Å². The molecule has 1 aliphatic carbocycles. The number of carbonyl (C=O) groups is 1. The van der Waals surface area contributed by atoms with Crippen molar-refractivity contribution in [3.63, 3.8) is 0 Å². The SMILES string of the molecule is Cc1cccc(C)c1OCC(C)NC(=O)c1cc(C2CC2)on1. The van der Waals surface area contributed by atoms with Gasteiger partial charge in [-0.2, -0.15) is 0 Å². The van der Waals surface area contributed by atoms with E-state index in [4.69, 9.17) is 9.26 Å². The fourth-order valence-corrected chi connectivity index (χ4v) is 2.53. The zero-order chi connectivity index (χ0) is 16.4. The van der Waals surface area contributed by atoms with Crippen LogP contribution in [-0.2, 0) is 0 Å². The molecule has 1 heterocycles. The highest BCUT2D eigenvalue weighted by Crippen LogP contribution is 2.40. The molecule has 1 fully saturated rings. The highest BCUT2D eigenvalue weighted by Gasteiger charge is 2.29. The van der Waals surface area contributed by atoms with Gasteiger partial charge in [-0.3, -0.25) is 4.79 Å². The van der Waals surface area contributed by atoms with Crippen molar-refractivity contribution < 1.29 is 14.1 Å². The van der Waals surface area contributed by atoms with Crippen LogP contribution in [0.4, 0.5) is 0 Å². The Morgan fingerprint density at radius 2 is 2.09 bits per heavy atom. The van der Waals surface area contributed by atoms with Gasteiger partial charge in [0.1, 0.15) is 18.1 Å². The van der Waals surface area contributed by atoms with Crippen molar-refractivity contribution in [2.24, 2.45) is 0 Å². The molecule has 1 unspecified atom stereocenters. The van der Waals surface area contributed by atoms with Gasteiger partial charge in [0.25, 0.3) is 5.91 Å². The number of aromatic nitrogens is 1. The van der Waals surface area contributed by atoms with Crippen molar-refractivity contribution in [1.29, 1.82) is 0 Å². The smallest absolute Gasteiger partial charge is 0.273 e. The highest BCUT2D eigenvalue weighted by atomic mass is 16.5. The maximum Gasteiger partial charge on any atom is 0.273 e. The lowest BCUT2D eigenvalue weighted by Crippen LogP contribution is -2.37. The number of rotatable bonds is 6. The molecule has 1 amide bonds. The van der Waals surface area contributed by atoms with E-state index in [0.29, 0.717) is 18.2 Å². The minimum Gasteiger partial charge on any atom is -0.491 e. The average Bonchev–Trinajstić information content (AvgIpc) is 3.24. The summed E-state index contributed by atoms with van der Waals surface area (Å²) in [5.74, 6) is 1.92. The largest absolute Gasteiger partial charge is 0.491 e. The molecule has 1 saturated carbocycles. The van der Waals surface area contributed by atoms with E-state index in [1.54, 1.807) is 6.07 Å². The Labute approximate surface area is 136 Å². The van der Waals surface area contributed by atoms with Crippen LogP contribution in [0.3, 0.4) is 0 Å². The van der Waals surface area contributed by atoms with E-state index >= 15 is 0 Å². The third kappa shape index (κ3) is 3.73. The van der Waals surface area contributed by atoms with E-state index in [1.165, 1.54) is 0 Å². The normalized spacial score (nSPS) is 15.3. The van der Waals surface area contributed by atoms with E-state index in [9.17, 15) is 4.79 Å². The molecule has 122 valence electrons. The predicted molar refractivity (Wildman–Crippen MR) is 86.8 cm³/mol. The molecule has 1 aromatic heterocycles. The van der Waals surface area contributed by atoms with Gasteiger partial charge in [0.05, 0.1) is 6.04 Å². The fourth-order valence-electron chi connectivity index (χ4n) is 2.53. The molecule has 2 aromatic rings. The van der Waals surface area contributed by atoms with Crippen LogP contribution in [0.15, 0.2) is 28.8 Å². The van der Waals surface area contributed by atoms with Crippen LogP contribution in [0.1, 0.15) is 53.1 Å². The first-order valence-electron chi connectivity index (χ1n) is 8.01. The number of hydrogen-bond donors (Lipinski definition) is 1. The number of nitrogens with one attached hydrogen (secondary N) is 1. The van der Waals surface area contributed by atoms with Gasteiger partial charge in [0.2, 0.25) is 0 Å². The van der Waals surface area contributed by atoms with Crippen LogP contribution in [0, 0.1) is 13.8 Å². The minimum atomic E-state index is -0.224. The van der Waals surface area contributed by atoms with E-state index < -0.39 is 0 Å². The third-order valence-electron chi connectivity index (χ3n) is 4.00. The molecule has 1 atom stereocenters. The fraction of sp³-hybridized carbons (Fsp3) is 0.444. The van der Waals surface area contributed by atoms with Gasteiger partial charge in [0, 0.05) is 12.0 Å². The predicted octanol–water partition coefficient (Wildman–Crippen LogP) is 3.37. The topological polar surface area (TPSA) is 64.4 Å². The second kappa shape index (κ2) is 6.44. The molecule has 0 bridgehead atoms. The molecule has 5 heteroatoms. The molecule has 1 aromatic carbocycles. The summed E-state index contributed by atoms with van der Waals surface area (Å²) in [6.07, 6.45) is 2.24. The molecule has 0 spiro atoms. The summed E-state index contributed by atoms with van der Waals surface area (Å²) in [4.78, 5) is 12.2. The lowest BCUT2D eigenvalue weighted by molar-refractivity contribution is 0.0917. The molecule has 1 N–H and O–H groups in total. The van der Waals surface area contributed by atoms with Crippen LogP contribution in [0.2, 0.25) is 0 Å². The zero-order valence-electron chi connectivity index (χ0n) is 13.8. The molecule has 0 saturated heterocycles. The maximum atomic E-state index is 12.2. The van der Waals surface area contributed by atoms with E-state index in [2.05, 4.69) is 10.5 Å². The lowest BCUT2D eigenvalue weighted by atomic mass is 10.1. The Kier molecular flexibility index (Phi) is 4.37. The maximum absolute atomic E-state index is 12.2. The van der Waals surface area contributed by atoms with Gasteiger partial charge in [0.15, 0.2) is 5.69 Å². The third-order valence-corrected chi connectivity index (χ3v) is 4.00. The van der Waals surface area contributed by atoms with E-state index in [1.807, 2.05) is 39.0 Å². The van der Waals surface area contributed by atoms with Crippen molar-refractivity contribution >= 4 is 5.91 Å². The molecular weight excluding hydrogens is 292 g/mol. The van der Waals surface area contributed by atoms with Crippen LogP contribution in [0.5, 0.6) is 5.75 Å². The minimum absolute atomic E-state index is 0.123.